The van der Waals surface area contributed by atoms with E-state index < -0.39 is 10.7 Å². The Balaban J connectivity index is 4.32. The number of nitrogens with one attached hydrogen (secondary N) is 1. The fraction of sp³-hybridized carbons (Fsp3) is 0.400. The molecule has 6 heteroatoms. The lowest BCUT2D eigenvalue weighted by molar-refractivity contribution is -0.134. The van der Waals surface area contributed by atoms with Crippen molar-refractivity contribution in [3.8, 4) is 0 Å². The van der Waals surface area contributed by atoms with E-state index in [1.165, 1.54) is 11.0 Å². The van der Waals surface area contributed by atoms with E-state index >= 15 is 0 Å². The monoisotopic (exact) mass is 264 g/mol. The highest BCUT2D eigenvalue weighted by Gasteiger charge is 2.21. The summed E-state index contributed by atoms with van der Waals surface area (Å²) in [6.45, 7) is 7.40. The number of hydrogen-bond acceptors (Lipinski definition) is 2. The van der Waals surface area contributed by atoms with Gasteiger partial charge in [-0.05, 0) is 0 Å². The standard InChI is InChI=1S/C10H14Cl2N2O2/c1-3-5-13-8(15)7-14(6-4-2)10(16)9(11)12/h3-4,9H,1-2,5-7H2,(H,13,15). The zero-order valence-electron chi connectivity index (χ0n) is 8.79. The molecule has 0 fully saturated rings. The molecule has 4 nitrogen and oxygen atoms in total. The maximum Gasteiger partial charge on any atom is 0.256 e. The lowest BCUT2D eigenvalue weighted by Gasteiger charge is -2.20. The van der Waals surface area contributed by atoms with Gasteiger partial charge in [-0.2, -0.15) is 0 Å². The van der Waals surface area contributed by atoms with Gasteiger partial charge in [0.2, 0.25) is 5.91 Å². The first kappa shape index (κ1) is 15.0. The van der Waals surface area contributed by atoms with Crippen LogP contribution in [-0.4, -0.2) is 41.2 Å². The van der Waals surface area contributed by atoms with Gasteiger partial charge >= 0.3 is 0 Å². The second-order valence-electron chi connectivity index (χ2n) is 2.90. The van der Waals surface area contributed by atoms with E-state index in [9.17, 15) is 9.59 Å². The molecule has 0 aromatic carbocycles. The van der Waals surface area contributed by atoms with E-state index in [1.807, 2.05) is 0 Å². The third-order valence-corrected chi connectivity index (χ3v) is 2.00. The van der Waals surface area contributed by atoms with Crippen LogP contribution in [0.1, 0.15) is 0 Å². The van der Waals surface area contributed by atoms with E-state index in [4.69, 9.17) is 23.2 Å². The van der Waals surface area contributed by atoms with Crippen molar-refractivity contribution in [2.45, 2.75) is 4.84 Å². The van der Waals surface area contributed by atoms with Gasteiger partial charge in [0.05, 0.1) is 6.54 Å². The van der Waals surface area contributed by atoms with Crippen LogP contribution in [0.25, 0.3) is 0 Å². The number of amides is 2. The fourth-order valence-electron chi connectivity index (χ4n) is 0.942. The minimum Gasteiger partial charge on any atom is -0.351 e. The topological polar surface area (TPSA) is 49.4 Å². The van der Waals surface area contributed by atoms with Crippen LogP contribution >= 0.6 is 23.2 Å². The Morgan fingerprint density at radius 3 is 2.38 bits per heavy atom. The molecule has 0 aromatic heterocycles. The number of rotatable bonds is 7. The van der Waals surface area contributed by atoms with Crippen molar-refractivity contribution < 1.29 is 9.59 Å². The number of alkyl halides is 2. The smallest absolute Gasteiger partial charge is 0.256 e. The van der Waals surface area contributed by atoms with Gasteiger partial charge in [0.25, 0.3) is 5.91 Å². The van der Waals surface area contributed by atoms with Crippen LogP contribution in [0.4, 0.5) is 0 Å². The molecule has 0 unspecified atom stereocenters. The van der Waals surface area contributed by atoms with E-state index in [0.29, 0.717) is 6.54 Å². The quantitative estimate of drug-likeness (QED) is 0.553. The fourth-order valence-corrected chi connectivity index (χ4v) is 1.22. The van der Waals surface area contributed by atoms with Gasteiger partial charge in [-0.15, -0.1) is 13.2 Å². The van der Waals surface area contributed by atoms with Crippen molar-refractivity contribution in [2.75, 3.05) is 19.6 Å². The van der Waals surface area contributed by atoms with Gasteiger partial charge in [-0.25, -0.2) is 0 Å². The van der Waals surface area contributed by atoms with Crippen molar-refractivity contribution in [3.63, 3.8) is 0 Å². The van der Waals surface area contributed by atoms with Gasteiger partial charge in [-0.3, -0.25) is 9.59 Å². The van der Waals surface area contributed by atoms with Crippen LogP contribution in [-0.2, 0) is 9.59 Å². The molecular formula is C10H14Cl2N2O2. The van der Waals surface area contributed by atoms with Crippen molar-refractivity contribution in [3.05, 3.63) is 25.3 Å². The number of hydrogen-bond donors (Lipinski definition) is 1. The molecule has 0 saturated carbocycles. The van der Waals surface area contributed by atoms with Crippen LogP contribution in [0.3, 0.4) is 0 Å². The molecule has 0 bridgehead atoms. The van der Waals surface area contributed by atoms with Gasteiger partial charge in [0.15, 0.2) is 4.84 Å². The second kappa shape index (κ2) is 8.19. The molecule has 0 aromatic rings. The highest BCUT2D eigenvalue weighted by atomic mass is 35.5. The molecule has 90 valence electrons. The van der Waals surface area contributed by atoms with Crippen molar-refractivity contribution in [1.82, 2.24) is 10.2 Å². The summed E-state index contributed by atoms with van der Waals surface area (Å²) >= 11 is 10.9. The molecule has 0 rings (SSSR count). The molecule has 0 radical (unpaired) electrons. The molecular weight excluding hydrogens is 251 g/mol. The first-order valence-corrected chi connectivity index (χ1v) is 5.45. The Labute approximate surface area is 105 Å². The number of carbonyl (C=O) groups is 2. The highest BCUT2D eigenvalue weighted by Crippen LogP contribution is 2.06. The Hall–Kier alpha value is -1.000. The molecule has 0 spiro atoms. The lowest BCUT2D eigenvalue weighted by atomic mass is 10.4. The summed E-state index contributed by atoms with van der Waals surface area (Å²) in [4.78, 5) is 22.8. The molecule has 0 aliphatic carbocycles. The SMILES string of the molecule is C=CCNC(=O)CN(CC=C)C(=O)C(Cl)Cl. The normalized spacial score (nSPS) is 9.69. The number of halogens is 2. The first-order valence-electron chi connectivity index (χ1n) is 4.58. The van der Waals surface area contributed by atoms with E-state index in [-0.39, 0.29) is 19.0 Å². The molecule has 0 aliphatic heterocycles. The predicted octanol–water partition coefficient (Wildman–Crippen LogP) is 1.11. The van der Waals surface area contributed by atoms with Crippen molar-refractivity contribution in [2.24, 2.45) is 0 Å². The Morgan fingerprint density at radius 2 is 1.94 bits per heavy atom. The van der Waals surface area contributed by atoms with E-state index in [2.05, 4.69) is 18.5 Å². The minimum absolute atomic E-state index is 0.103. The van der Waals surface area contributed by atoms with Gasteiger partial charge < -0.3 is 10.2 Å². The average molecular weight is 265 g/mol. The Bertz CT molecular complexity index is 280. The minimum atomic E-state index is -1.17. The van der Waals surface area contributed by atoms with Crippen molar-refractivity contribution >= 4 is 35.0 Å². The Kier molecular flexibility index (Phi) is 7.68. The maximum absolute atomic E-state index is 11.5. The molecule has 0 aliphatic rings. The van der Waals surface area contributed by atoms with Crippen LogP contribution in [0.2, 0.25) is 0 Å². The van der Waals surface area contributed by atoms with Gasteiger partial charge in [0.1, 0.15) is 0 Å². The molecule has 1 N–H and O–H groups in total. The molecule has 0 heterocycles. The molecule has 2 amide bonds. The van der Waals surface area contributed by atoms with Gasteiger partial charge in [0, 0.05) is 13.1 Å². The summed E-state index contributed by atoms with van der Waals surface area (Å²) in [5.74, 6) is -0.818. The summed E-state index contributed by atoms with van der Waals surface area (Å²) in [6, 6.07) is 0. The molecule has 16 heavy (non-hydrogen) atoms. The lowest BCUT2D eigenvalue weighted by Crippen LogP contribution is -2.42. The first-order chi connectivity index (χ1) is 7.52. The van der Waals surface area contributed by atoms with E-state index in [0.717, 1.165) is 0 Å². The highest BCUT2D eigenvalue weighted by molar-refractivity contribution is 6.53. The van der Waals surface area contributed by atoms with Crippen LogP contribution in [0.5, 0.6) is 0 Å². The van der Waals surface area contributed by atoms with Crippen molar-refractivity contribution in [1.29, 1.82) is 0 Å². The third kappa shape index (κ3) is 5.78. The summed E-state index contributed by atoms with van der Waals surface area (Å²) in [7, 11) is 0. The predicted molar refractivity (Wildman–Crippen MR) is 65.5 cm³/mol. The zero-order valence-corrected chi connectivity index (χ0v) is 10.3. The average Bonchev–Trinajstić information content (AvgIpc) is 2.24. The summed E-state index contributed by atoms with van der Waals surface area (Å²) < 4.78 is 0. The van der Waals surface area contributed by atoms with Crippen LogP contribution < -0.4 is 5.32 Å². The van der Waals surface area contributed by atoms with E-state index in [1.54, 1.807) is 6.08 Å². The largest absolute Gasteiger partial charge is 0.351 e. The Morgan fingerprint density at radius 1 is 1.31 bits per heavy atom. The number of carbonyl (C=O) groups excluding carboxylic acids is 2. The third-order valence-electron chi connectivity index (χ3n) is 1.63. The van der Waals surface area contributed by atoms with Gasteiger partial charge in [-0.1, -0.05) is 35.4 Å². The summed E-state index contributed by atoms with van der Waals surface area (Å²) in [5.41, 5.74) is 0. The second-order valence-corrected chi connectivity index (χ2v) is 4.00. The number of nitrogens with zero attached hydrogens (tertiary/aromatic N) is 1. The zero-order chi connectivity index (χ0) is 12.6. The molecule has 0 atom stereocenters. The van der Waals surface area contributed by atoms with Crippen LogP contribution in [0.15, 0.2) is 25.3 Å². The summed E-state index contributed by atoms with van der Waals surface area (Å²) in [5, 5.41) is 2.54. The summed E-state index contributed by atoms with van der Waals surface area (Å²) in [6.07, 6.45) is 3.04. The van der Waals surface area contributed by atoms with Crippen LogP contribution in [0, 0.1) is 0 Å². The molecule has 0 saturated heterocycles. The maximum atomic E-state index is 11.5.